The van der Waals surface area contributed by atoms with E-state index in [1.54, 1.807) is 0 Å². The first-order chi connectivity index (χ1) is 10.1. The summed E-state index contributed by atoms with van der Waals surface area (Å²) in [4.78, 5) is 30.4. The van der Waals surface area contributed by atoms with Crippen LogP contribution < -0.4 is 11.3 Å². The SMILES string of the molecule is Nc1nc2c(nnn2-n2cnc3c(=S)nc[nH]c32)c(=O)[nH]1. The lowest BCUT2D eigenvalue weighted by Gasteiger charge is -2.03. The Balaban J connectivity index is 2.12. The Kier molecular flexibility index (Phi) is 2.18. The molecule has 0 atom stereocenters. The van der Waals surface area contributed by atoms with Crippen LogP contribution in [0.15, 0.2) is 17.4 Å². The second-order valence-electron chi connectivity index (χ2n) is 4.10. The van der Waals surface area contributed by atoms with Gasteiger partial charge in [-0.3, -0.25) is 9.78 Å². The summed E-state index contributed by atoms with van der Waals surface area (Å²) < 4.78 is 1.85. The zero-order chi connectivity index (χ0) is 14.6. The van der Waals surface area contributed by atoms with Crippen LogP contribution >= 0.6 is 12.2 Å². The number of nitrogens with two attached hydrogens (primary N) is 1. The van der Waals surface area contributed by atoms with Gasteiger partial charge in [0.25, 0.3) is 5.56 Å². The van der Waals surface area contributed by atoms with Crippen molar-refractivity contribution in [2.24, 2.45) is 0 Å². The van der Waals surface area contributed by atoms with Crippen LogP contribution in [-0.4, -0.2) is 44.7 Å². The van der Waals surface area contributed by atoms with Crippen molar-refractivity contribution in [1.29, 1.82) is 0 Å². The number of anilines is 1. The van der Waals surface area contributed by atoms with E-state index in [9.17, 15) is 4.79 Å². The number of hydrogen-bond donors (Lipinski definition) is 3. The number of rotatable bonds is 1. The highest BCUT2D eigenvalue weighted by atomic mass is 32.1. The van der Waals surface area contributed by atoms with Gasteiger partial charge >= 0.3 is 0 Å². The lowest BCUT2D eigenvalue weighted by atomic mass is 10.5. The number of nitrogens with one attached hydrogen (secondary N) is 2. The quantitative estimate of drug-likeness (QED) is 0.387. The van der Waals surface area contributed by atoms with Crippen molar-refractivity contribution < 1.29 is 0 Å². The van der Waals surface area contributed by atoms with Crippen molar-refractivity contribution in [3.63, 3.8) is 0 Å². The number of nitrogens with zero attached hydrogens (tertiary/aromatic N) is 7. The maximum absolute atomic E-state index is 11.7. The van der Waals surface area contributed by atoms with E-state index in [1.807, 2.05) is 0 Å². The Morgan fingerprint density at radius 1 is 1.29 bits per heavy atom. The van der Waals surface area contributed by atoms with Crippen molar-refractivity contribution >= 4 is 40.5 Å². The Bertz CT molecular complexity index is 1100. The fourth-order valence-corrected chi connectivity index (χ4v) is 2.17. The van der Waals surface area contributed by atoms with Crippen LogP contribution in [0.1, 0.15) is 0 Å². The van der Waals surface area contributed by atoms with Crippen LogP contribution in [0.2, 0.25) is 0 Å². The molecule has 0 fully saturated rings. The van der Waals surface area contributed by atoms with Crippen LogP contribution in [0.5, 0.6) is 0 Å². The molecule has 21 heavy (non-hydrogen) atoms. The first-order valence-electron chi connectivity index (χ1n) is 5.68. The van der Waals surface area contributed by atoms with Crippen LogP contribution in [0, 0.1) is 4.64 Å². The fraction of sp³-hybridized carbons (Fsp3) is 0. The molecular formula is C9H6N10OS. The average molecular weight is 302 g/mol. The van der Waals surface area contributed by atoms with Crippen molar-refractivity contribution in [3.05, 3.63) is 27.6 Å². The van der Waals surface area contributed by atoms with Gasteiger partial charge in [0, 0.05) is 0 Å². The highest BCUT2D eigenvalue weighted by molar-refractivity contribution is 7.71. The van der Waals surface area contributed by atoms with Gasteiger partial charge in [0.05, 0.1) is 6.33 Å². The third kappa shape index (κ3) is 1.56. The summed E-state index contributed by atoms with van der Waals surface area (Å²) in [6, 6.07) is 0. The second-order valence-corrected chi connectivity index (χ2v) is 4.48. The Morgan fingerprint density at radius 3 is 3.00 bits per heavy atom. The van der Waals surface area contributed by atoms with E-state index >= 15 is 0 Å². The molecule has 12 heteroatoms. The maximum atomic E-state index is 11.7. The van der Waals surface area contributed by atoms with E-state index in [-0.39, 0.29) is 17.1 Å². The minimum Gasteiger partial charge on any atom is -0.369 e. The first kappa shape index (κ1) is 11.7. The number of H-pyrrole nitrogens is 2. The van der Waals surface area contributed by atoms with Crippen LogP contribution in [-0.2, 0) is 0 Å². The molecule has 0 saturated heterocycles. The molecule has 0 aromatic carbocycles. The van der Waals surface area contributed by atoms with Gasteiger partial charge in [-0.25, -0.2) is 14.6 Å². The second kappa shape index (κ2) is 3.92. The zero-order valence-electron chi connectivity index (χ0n) is 10.2. The molecule has 4 N–H and O–H groups in total. The number of aromatic nitrogens is 9. The third-order valence-electron chi connectivity index (χ3n) is 2.85. The van der Waals surface area contributed by atoms with Gasteiger partial charge in [-0.1, -0.05) is 12.2 Å². The molecule has 4 aromatic heterocycles. The summed E-state index contributed by atoms with van der Waals surface area (Å²) in [5, 5.41) is 7.69. The Hall–Kier alpha value is -3.15. The molecular weight excluding hydrogens is 296 g/mol. The molecule has 0 bridgehead atoms. The molecule has 0 unspecified atom stereocenters. The molecule has 0 amide bonds. The highest BCUT2D eigenvalue weighted by Gasteiger charge is 2.15. The molecule has 0 saturated carbocycles. The Labute approximate surface area is 119 Å². The number of fused-ring (bicyclic) bond motifs is 2. The average Bonchev–Trinajstić information content (AvgIpc) is 3.03. The molecule has 0 aliphatic carbocycles. The van der Waals surface area contributed by atoms with E-state index in [2.05, 4.69) is 35.2 Å². The van der Waals surface area contributed by atoms with Gasteiger partial charge in [0.15, 0.2) is 15.8 Å². The predicted octanol–water partition coefficient (Wildman–Crippen LogP) is -0.790. The van der Waals surface area contributed by atoms with Crippen LogP contribution in [0.25, 0.3) is 22.3 Å². The van der Waals surface area contributed by atoms with Gasteiger partial charge in [-0.05, 0) is 5.21 Å². The molecule has 4 aromatic rings. The summed E-state index contributed by atoms with van der Waals surface area (Å²) in [6.07, 6.45) is 2.91. The summed E-state index contributed by atoms with van der Waals surface area (Å²) in [5.41, 5.74) is 6.39. The normalized spacial score (nSPS) is 11.4. The number of nitrogen functional groups attached to an aromatic ring is 1. The third-order valence-corrected chi connectivity index (χ3v) is 3.15. The highest BCUT2D eigenvalue weighted by Crippen LogP contribution is 2.12. The molecule has 0 radical (unpaired) electrons. The molecule has 0 spiro atoms. The van der Waals surface area contributed by atoms with Gasteiger partial charge in [0.2, 0.25) is 11.6 Å². The number of aromatic amines is 2. The molecule has 4 heterocycles. The fourth-order valence-electron chi connectivity index (χ4n) is 1.96. The summed E-state index contributed by atoms with van der Waals surface area (Å²) in [7, 11) is 0. The van der Waals surface area contributed by atoms with Gasteiger partial charge in [-0.2, -0.15) is 4.98 Å². The van der Waals surface area contributed by atoms with E-state index in [0.717, 1.165) is 0 Å². The monoisotopic (exact) mass is 302 g/mol. The smallest absolute Gasteiger partial charge is 0.282 e. The lowest BCUT2D eigenvalue weighted by Crippen LogP contribution is -2.15. The van der Waals surface area contributed by atoms with Gasteiger partial charge in [0.1, 0.15) is 11.8 Å². The van der Waals surface area contributed by atoms with E-state index in [1.165, 1.54) is 22.1 Å². The molecule has 11 nitrogen and oxygen atoms in total. The minimum absolute atomic E-state index is 0.0323. The van der Waals surface area contributed by atoms with E-state index in [4.69, 9.17) is 18.0 Å². The molecule has 104 valence electrons. The molecule has 4 rings (SSSR count). The van der Waals surface area contributed by atoms with Gasteiger partial charge in [-0.15, -0.1) is 9.89 Å². The number of hydrogen-bond acceptors (Lipinski definition) is 8. The van der Waals surface area contributed by atoms with Crippen molar-refractivity contribution in [1.82, 2.24) is 44.7 Å². The summed E-state index contributed by atoms with van der Waals surface area (Å²) in [6.45, 7) is 0. The Morgan fingerprint density at radius 2 is 2.14 bits per heavy atom. The summed E-state index contributed by atoms with van der Waals surface area (Å²) >= 11 is 5.09. The standard InChI is InChI=1S/C9H6N10OS/c10-9-14-6-3(7(20)15-9)16-17-19(6)18-2-13-4-5(18)11-1-12-8(4)21/h1-2H,(H,11,12,21)(H3,10,14,15,20). The molecule has 0 aliphatic heterocycles. The van der Waals surface area contributed by atoms with E-state index in [0.29, 0.717) is 15.8 Å². The van der Waals surface area contributed by atoms with Gasteiger partial charge < -0.3 is 10.7 Å². The van der Waals surface area contributed by atoms with Crippen molar-refractivity contribution in [2.45, 2.75) is 0 Å². The molecule has 0 aliphatic rings. The number of imidazole rings is 1. The first-order valence-corrected chi connectivity index (χ1v) is 6.08. The minimum atomic E-state index is -0.470. The van der Waals surface area contributed by atoms with Crippen LogP contribution in [0.4, 0.5) is 5.95 Å². The predicted molar refractivity (Wildman–Crippen MR) is 73.9 cm³/mol. The van der Waals surface area contributed by atoms with Crippen molar-refractivity contribution in [3.8, 4) is 0 Å². The summed E-state index contributed by atoms with van der Waals surface area (Å²) in [5.74, 6) is -0.0323. The van der Waals surface area contributed by atoms with Crippen LogP contribution in [0.3, 0.4) is 0 Å². The van der Waals surface area contributed by atoms with Crippen molar-refractivity contribution in [2.75, 3.05) is 5.73 Å². The topological polar surface area (TPSA) is 149 Å². The lowest BCUT2D eigenvalue weighted by molar-refractivity contribution is 0.575. The largest absolute Gasteiger partial charge is 0.369 e. The maximum Gasteiger partial charge on any atom is 0.282 e. The van der Waals surface area contributed by atoms with E-state index < -0.39 is 5.56 Å². The zero-order valence-corrected chi connectivity index (χ0v) is 11.0.